The minimum Gasteiger partial charge on any atom is -0.448 e. The van der Waals surface area contributed by atoms with Gasteiger partial charge in [-0.3, -0.25) is 0 Å². The Hall–Kier alpha value is -0.310. The fourth-order valence-corrected chi connectivity index (χ4v) is 0.892. The number of rotatable bonds is 2. The molecule has 1 aromatic heterocycles. The molecule has 0 atom stereocenters. The standard InChI is InChI=1S/C7H10BrNO/c1-7(2,4-8)6-3-9-5-10-6/h3,5H,4H2,1-2H3. The van der Waals surface area contributed by atoms with Gasteiger partial charge in [0.1, 0.15) is 5.76 Å². The molecule has 0 aliphatic rings. The number of hydrogen-bond donors (Lipinski definition) is 0. The molecule has 0 aliphatic carbocycles. The molecule has 0 unspecified atom stereocenters. The van der Waals surface area contributed by atoms with Gasteiger partial charge in [0.25, 0.3) is 0 Å². The zero-order chi connectivity index (χ0) is 7.61. The van der Waals surface area contributed by atoms with Gasteiger partial charge < -0.3 is 4.42 Å². The summed E-state index contributed by atoms with van der Waals surface area (Å²) in [6.45, 7) is 4.20. The molecule has 0 N–H and O–H groups in total. The predicted molar refractivity (Wildman–Crippen MR) is 43.3 cm³/mol. The normalized spacial score (nSPS) is 11.9. The van der Waals surface area contributed by atoms with Crippen molar-refractivity contribution in [1.29, 1.82) is 0 Å². The van der Waals surface area contributed by atoms with Crippen LogP contribution in [0, 0.1) is 0 Å². The average molecular weight is 204 g/mol. The highest BCUT2D eigenvalue weighted by Gasteiger charge is 2.22. The van der Waals surface area contributed by atoms with E-state index in [1.165, 1.54) is 6.39 Å². The minimum absolute atomic E-state index is 0.0521. The van der Waals surface area contributed by atoms with Crippen molar-refractivity contribution in [3.8, 4) is 0 Å². The Bertz CT molecular complexity index is 193. The second-order valence-electron chi connectivity index (χ2n) is 2.88. The fraction of sp³-hybridized carbons (Fsp3) is 0.571. The number of alkyl halides is 1. The lowest BCUT2D eigenvalue weighted by Gasteiger charge is -2.16. The summed E-state index contributed by atoms with van der Waals surface area (Å²) < 4.78 is 5.15. The maximum atomic E-state index is 5.15. The molecule has 0 spiro atoms. The van der Waals surface area contributed by atoms with Crippen LogP contribution < -0.4 is 0 Å². The van der Waals surface area contributed by atoms with Gasteiger partial charge in [-0.05, 0) is 0 Å². The van der Waals surface area contributed by atoms with E-state index in [1.54, 1.807) is 6.20 Å². The number of nitrogens with zero attached hydrogens (tertiary/aromatic N) is 1. The summed E-state index contributed by atoms with van der Waals surface area (Å²) in [5, 5.41) is 0.884. The third kappa shape index (κ3) is 1.40. The van der Waals surface area contributed by atoms with E-state index in [1.807, 2.05) is 0 Å². The van der Waals surface area contributed by atoms with Gasteiger partial charge in [-0.25, -0.2) is 4.98 Å². The van der Waals surface area contributed by atoms with E-state index < -0.39 is 0 Å². The van der Waals surface area contributed by atoms with E-state index in [0.717, 1.165) is 11.1 Å². The van der Waals surface area contributed by atoms with E-state index in [4.69, 9.17) is 4.42 Å². The van der Waals surface area contributed by atoms with Crippen LogP contribution >= 0.6 is 15.9 Å². The summed E-state index contributed by atoms with van der Waals surface area (Å²) in [5.74, 6) is 0.921. The number of oxazole rings is 1. The molecule has 0 aromatic carbocycles. The van der Waals surface area contributed by atoms with Crippen molar-refractivity contribution < 1.29 is 4.42 Å². The van der Waals surface area contributed by atoms with Crippen LogP contribution in [0.1, 0.15) is 19.6 Å². The Morgan fingerprint density at radius 2 is 2.40 bits per heavy atom. The molecule has 1 aromatic rings. The van der Waals surface area contributed by atoms with Gasteiger partial charge in [-0.1, -0.05) is 29.8 Å². The van der Waals surface area contributed by atoms with Crippen LogP contribution in [0.25, 0.3) is 0 Å². The fourth-order valence-electron chi connectivity index (χ4n) is 0.616. The first-order chi connectivity index (χ1) is 4.67. The molecular formula is C7H10BrNO. The van der Waals surface area contributed by atoms with Crippen molar-refractivity contribution in [2.75, 3.05) is 5.33 Å². The third-order valence-corrected chi connectivity index (χ3v) is 2.84. The van der Waals surface area contributed by atoms with Crippen molar-refractivity contribution in [3.63, 3.8) is 0 Å². The van der Waals surface area contributed by atoms with E-state index in [0.29, 0.717) is 0 Å². The van der Waals surface area contributed by atoms with E-state index in [2.05, 4.69) is 34.8 Å². The van der Waals surface area contributed by atoms with Gasteiger partial charge >= 0.3 is 0 Å². The third-order valence-electron chi connectivity index (χ3n) is 1.43. The van der Waals surface area contributed by atoms with Crippen LogP contribution in [0.5, 0.6) is 0 Å². The molecule has 0 bridgehead atoms. The molecule has 0 fully saturated rings. The zero-order valence-electron chi connectivity index (χ0n) is 6.10. The summed E-state index contributed by atoms with van der Waals surface area (Å²) in [6.07, 6.45) is 3.21. The zero-order valence-corrected chi connectivity index (χ0v) is 7.68. The summed E-state index contributed by atoms with van der Waals surface area (Å²) in [5.41, 5.74) is 0.0521. The summed E-state index contributed by atoms with van der Waals surface area (Å²) in [6, 6.07) is 0. The maximum absolute atomic E-state index is 5.15. The predicted octanol–water partition coefficient (Wildman–Crippen LogP) is 2.35. The highest BCUT2D eigenvalue weighted by atomic mass is 79.9. The quantitative estimate of drug-likeness (QED) is 0.691. The number of aromatic nitrogens is 1. The van der Waals surface area contributed by atoms with Gasteiger partial charge in [0.15, 0.2) is 6.39 Å². The molecule has 0 saturated heterocycles. The monoisotopic (exact) mass is 203 g/mol. The number of halogens is 1. The van der Waals surface area contributed by atoms with Crippen LogP contribution in [0.15, 0.2) is 17.0 Å². The van der Waals surface area contributed by atoms with Gasteiger partial charge in [0, 0.05) is 10.7 Å². The molecule has 3 heteroatoms. The molecule has 0 aliphatic heterocycles. The molecule has 0 amide bonds. The van der Waals surface area contributed by atoms with Gasteiger partial charge in [-0.2, -0.15) is 0 Å². The van der Waals surface area contributed by atoms with Crippen molar-refractivity contribution in [2.45, 2.75) is 19.3 Å². The molecule has 10 heavy (non-hydrogen) atoms. The first-order valence-electron chi connectivity index (χ1n) is 3.12. The molecule has 1 heterocycles. The Kier molecular flexibility index (Phi) is 2.14. The lowest BCUT2D eigenvalue weighted by molar-refractivity contribution is 0.414. The Morgan fingerprint density at radius 1 is 1.70 bits per heavy atom. The van der Waals surface area contributed by atoms with Crippen LogP contribution in [0.3, 0.4) is 0 Å². The highest BCUT2D eigenvalue weighted by Crippen LogP contribution is 2.24. The van der Waals surface area contributed by atoms with Gasteiger partial charge in [0.2, 0.25) is 0 Å². The number of hydrogen-bond acceptors (Lipinski definition) is 2. The first kappa shape index (κ1) is 7.79. The molecule has 56 valence electrons. The molecular weight excluding hydrogens is 194 g/mol. The highest BCUT2D eigenvalue weighted by molar-refractivity contribution is 9.09. The van der Waals surface area contributed by atoms with E-state index >= 15 is 0 Å². The smallest absolute Gasteiger partial charge is 0.180 e. The SMILES string of the molecule is CC(C)(CBr)c1cnco1. The average Bonchev–Trinajstić information content (AvgIpc) is 2.38. The Balaban J connectivity index is 2.85. The lowest BCUT2D eigenvalue weighted by atomic mass is 9.94. The topological polar surface area (TPSA) is 26.0 Å². The van der Waals surface area contributed by atoms with E-state index in [-0.39, 0.29) is 5.41 Å². The van der Waals surface area contributed by atoms with Crippen LogP contribution in [-0.2, 0) is 5.41 Å². The van der Waals surface area contributed by atoms with Crippen molar-refractivity contribution >= 4 is 15.9 Å². The van der Waals surface area contributed by atoms with Crippen molar-refractivity contribution in [2.24, 2.45) is 0 Å². The van der Waals surface area contributed by atoms with Crippen LogP contribution in [0.2, 0.25) is 0 Å². The summed E-state index contributed by atoms with van der Waals surface area (Å²) >= 11 is 3.40. The minimum atomic E-state index is 0.0521. The van der Waals surface area contributed by atoms with Crippen molar-refractivity contribution in [1.82, 2.24) is 4.98 Å². The van der Waals surface area contributed by atoms with Gasteiger partial charge in [0.05, 0.1) is 6.20 Å². The summed E-state index contributed by atoms with van der Waals surface area (Å²) in [4.78, 5) is 3.85. The second kappa shape index (κ2) is 2.74. The maximum Gasteiger partial charge on any atom is 0.180 e. The molecule has 2 nitrogen and oxygen atoms in total. The molecule has 1 rings (SSSR count). The van der Waals surface area contributed by atoms with Crippen LogP contribution in [0.4, 0.5) is 0 Å². The van der Waals surface area contributed by atoms with Crippen molar-refractivity contribution in [3.05, 3.63) is 18.4 Å². The van der Waals surface area contributed by atoms with Gasteiger partial charge in [-0.15, -0.1) is 0 Å². The first-order valence-corrected chi connectivity index (χ1v) is 4.24. The lowest BCUT2D eigenvalue weighted by Crippen LogP contribution is -2.17. The Labute approximate surface area is 68.8 Å². The molecule has 0 radical (unpaired) electrons. The molecule has 0 saturated carbocycles. The Morgan fingerprint density at radius 3 is 2.80 bits per heavy atom. The summed E-state index contributed by atoms with van der Waals surface area (Å²) in [7, 11) is 0. The van der Waals surface area contributed by atoms with Crippen LogP contribution in [-0.4, -0.2) is 10.3 Å². The largest absolute Gasteiger partial charge is 0.448 e. The second-order valence-corrected chi connectivity index (χ2v) is 3.44. The van der Waals surface area contributed by atoms with E-state index in [9.17, 15) is 0 Å².